The quantitative estimate of drug-likeness (QED) is 0.140. The first-order valence-electron chi connectivity index (χ1n) is 19.2. The Hall–Kier alpha value is -5.27. The molecule has 2 aliphatic rings. The molecule has 0 radical (unpaired) electrons. The molecule has 6 rings (SSSR count). The Morgan fingerprint density at radius 2 is 1.57 bits per heavy atom. The molecule has 2 fully saturated rings. The van der Waals surface area contributed by atoms with Crippen LogP contribution in [0.5, 0.6) is 0 Å². The largest absolute Gasteiger partial charge is 0.444 e. The summed E-state index contributed by atoms with van der Waals surface area (Å²) in [5.41, 5.74) is 4.11. The number of ether oxygens (including phenoxy) is 1. The number of H-pyrrole nitrogens is 1. The Morgan fingerprint density at radius 1 is 0.893 bits per heavy atom. The van der Waals surface area contributed by atoms with Crippen LogP contribution in [0, 0.1) is 11.8 Å². The molecule has 0 spiro atoms. The summed E-state index contributed by atoms with van der Waals surface area (Å²) in [4.78, 5) is 61.2. The Bertz CT molecular complexity index is 1980. The lowest BCUT2D eigenvalue weighted by Gasteiger charge is -2.32. The summed E-state index contributed by atoms with van der Waals surface area (Å²) in [6.07, 6.45) is 2.66. The number of aromatic nitrogens is 3. The van der Waals surface area contributed by atoms with Crippen LogP contribution in [0.15, 0.2) is 72.8 Å². The van der Waals surface area contributed by atoms with Crippen molar-refractivity contribution in [2.45, 2.75) is 64.5 Å². The second-order valence-electron chi connectivity index (χ2n) is 15.8. The Balaban J connectivity index is 1.12. The number of carbonyl (C=O) groups excluding carboxylic acids is 4. The van der Waals surface area contributed by atoms with Gasteiger partial charge in [-0.1, -0.05) is 36.4 Å². The smallest absolute Gasteiger partial charge is 0.407 e. The van der Waals surface area contributed by atoms with Gasteiger partial charge in [-0.05, 0) is 124 Å². The van der Waals surface area contributed by atoms with Gasteiger partial charge in [-0.3, -0.25) is 14.4 Å². The average molecular weight is 783 g/mol. The van der Waals surface area contributed by atoms with E-state index in [0.717, 1.165) is 48.2 Å². The number of benzene rings is 3. The van der Waals surface area contributed by atoms with Gasteiger partial charge in [0.25, 0.3) is 5.91 Å². The van der Waals surface area contributed by atoms with Crippen LogP contribution in [-0.4, -0.2) is 100 Å². The van der Waals surface area contributed by atoms with E-state index in [-0.39, 0.29) is 41.3 Å². The number of anilines is 1. The highest BCUT2D eigenvalue weighted by molar-refractivity contribution is 6.28. The van der Waals surface area contributed by atoms with Gasteiger partial charge >= 0.3 is 6.09 Å². The highest BCUT2D eigenvalue weighted by atomic mass is 35.5. The molecule has 3 aromatic carbocycles. The first-order chi connectivity index (χ1) is 26.8. The molecule has 1 aliphatic carbocycles. The Morgan fingerprint density at radius 3 is 2.21 bits per heavy atom. The number of hydrogen-bond donors (Lipinski definition) is 4. The SMILES string of the molecule is CN1CCN(C(=O)c2ccc(-c3cccc(C[C@H](NC(=O)C4CCC(CNC(=O)OC(C)(C)C)CC4)C(=O)Nc4ccc(-c5n[nH]c(Cl)n5)cc4)c3)cc2)CC1. The van der Waals surface area contributed by atoms with Crippen molar-refractivity contribution in [3.8, 4) is 22.5 Å². The van der Waals surface area contributed by atoms with Crippen LogP contribution in [0.25, 0.3) is 22.5 Å². The topological polar surface area (TPSA) is 162 Å². The molecule has 0 bridgehead atoms. The van der Waals surface area contributed by atoms with Crippen LogP contribution in [0.3, 0.4) is 0 Å². The number of aromatic amines is 1. The fourth-order valence-electron chi connectivity index (χ4n) is 7.08. The zero-order valence-corrected chi connectivity index (χ0v) is 33.2. The van der Waals surface area contributed by atoms with Gasteiger partial charge in [-0.15, -0.1) is 0 Å². The van der Waals surface area contributed by atoms with E-state index in [0.29, 0.717) is 49.6 Å². The average Bonchev–Trinajstić information content (AvgIpc) is 3.63. The maximum absolute atomic E-state index is 13.9. The van der Waals surface area contributed by atoms with E-state index in [1.807, 2.05) is 74.2 Å². The first kappa shape index (κ1) is 40.4. The summed E-state index contributed by atoms with van der Waals surface area (Å²) in [5, 5.41) is 15.8. The van der Waals surface area contributed by atoms with Crippen LogP contribution in [-0.2, 0) is 20.7 Å². The van der Waals surface area contributed by atoms with Crippen LogP contribution < -0.4 is 16.0 Å². The number of hydrogen-bond acceptors (Lipinski definition) is 8. The summed E-state index contributed by atoms with van der Waals surface area (Å²) in [6.45, 7) is 9.10. The minimum absolute atomic E-state index is 0.0331. The maximum Gasteiger partial charge on any atom is 0.407 e. The van der Waals surface area contributed by atoms with Gasteiger partial charge in [-0.2, -0.15) is 10.1 Å². The standard InChI is InChI=1S/C42H51ClN8O5/c1-42(2,3)56-41(55)44-26-27-8-10-31(11-9-27)37(52)46-35(38(53)45-34-18-16-30(17-19-34)36-47-40(43)49-48-36)25-28-6-5-7-33(24-28)29-12-14-32(15-13-29)39(54)51-22-20-50(4)21-23-51/h5-7,12-19,24,27,31,35H,8-11,20-23,25-26H2,1-4H3,(H,44,55)(H,45,53)(H,46,52)(H,47,48,49)/t27?,31?,35-/m0/s1. The van der Waals surface area contributed by atoms with Gasteiger partial charge in [0.05, 0.1) is 0 Å². The lowest BCUT2D eigenvalue weighted by molar-refractivity contribution is -0.130. The second kappa shape index (κ2) is 18.1. The maximum atomic E-state index is 13.9. The molecule has 296 valence electrons. The predicted octanol–water partition coefficient (Wildman–Crippen LogP) is 6.18. The number of alkyl carbamates (subject to hydrolysis) is 1. The third kappa shape index (κ3) is 11.2. The molecule has 14 heteroatoms. The molecule has 2 heterocycles. The van der Waals surface area contributed by atoms with E-state index in [9.17, 15) is 19.2 Å². The summed E-state index contributed by atoms with van der Waals surface area (Å²) in [7, 11) is 2.06. The zero-order valence-electron chi connectivity index (χ0n) is 32.4. The highest BCUT2D eigenvalue weighted by Crippen LogP contribution is 2.29. The van der Waals surface area contributed by atoms with Gasteiger partial charge in [0.15, 0.2) is 5.82 Å². The minimum Gasteiger partial charge on any atom is -0.444 e. The molecule has 56 heavy (non-hydrogen) atoms. The molecule has 4 N–H and O–H groups in total. The summed E-state index contributed by atoms with van der Waals surface area (Å²) < 4.78 is 5.36. The van der Waals surface area contributed by atoms with Gasteiger partial charge < -0.3 is 30.5 Å². The third-order valence-electron chi connectivity index (χ3n) is 10.3. The van der Waals surface area contributed by atoms with Gasteiger partial charge in [-0.25, -0.2) is 9.89 Å². The minimum atomic E-state index is -0.862. The van der Waals surface area contributed by atoms with Gasteiger partial charge in [0.1, 0.15) is 11.6 Å². The molecule has 1 saturated heterocycles. The highest BCUT2D eigenvalue weighted by Gasteiger charge is 2.30. The number of piperazine rings is 1. The lowest BCUT2D eigenvalue weighted by Crippen LogP contribution is -2.48. The van der Waals surface area contributed by atoms with E-state index >= 15 is 0 Å². The normalized spacial score (nSPS) is 18.1. The molecule has 1 aliphatic heterocycles. The number of nitrogens with one attached hydrogen (secondary N) is 4. The van der Waals surface area contributed by atoms with Gasteiger partial charge in [0, 0.05) is 61.9 Å². The first-order valence-corrected chi connectivity index (χ1v) is 19.6. The number of carbonyl (C=O) groups is 4. The van der Waals surface area contributed by atoms with Crippen molar-refractivity contribution >= 4 is 41.1 Å². The van der Waals surface area contributed by atoms with Gasteiger partial charge in [0.2, 0.25) is 17.1 Å². The van der Waals surface area contributed by atoms with E-state index < -0.39 is 17.7 Å². The molecule has 1 aromatic heterocycles. The molecule has 4 aromatic rings. The number of rotatable bonds is 11. The number of halogens is 1. The van der Waals surface area contributed by atoms with E-state index in [1.165, 1.54) is 0 Å². The van der Waals surface area contributed by atoms with E-state index in [2.05, 4.69) is 43.1 Å². The Labute approximate surface area is 332 Å². The number of likely N-dealkylation sites (N-methyl/N-ethyl adjacent to an activating group) is 1. The lowest BCUT2D eigenvalue weighted by atomic mass is 9.81. The van der Waals surface area contributed by atoms with E-state index in [1.54, 1.807) is 24.3 Å². The fraction of sp³-hybridized carbons (Fsp3) is 0.429. The molecular weight excluding hydrogens is 732 g/mol. The molecule has 0 unspecified atom stereocenters. The Kier molecular flexibility index (Phi) is 13.1. The fourth-order valence-corrected chi connectivity index (χ4v) is 7.21. The molecule has 1 atom stereocenters. The molecular formula is C42H51ClN8O5. The van der Waals surface area contributed by atoms with Crippen LogP contribution in [0.1, 0.15) is 62.4 Å². The van der Waals surface area contributed by atoms with E-state index in [4.69, 9.17) is 16.3 Å². The van der Waals surface area contributed by atoms with Crippen LogP contribution in [0.2, 0.25) is 5.28 Å². The molecule has 4 amide bonds. The van der Waals surface area contributed by atoms with Crippen molar-refractivity contribution in [3.63, 3.8) is 0 Å². The summed E-state index contributed by atoms with van der Waals surface area (Å²) in [6, 6.07) is 21.7. The molecule has 13 nitrogen and oxygen atoms in total. The van der Waals surface area contributed by atoms with Crippen molar-refractivity contribution in [2.24, 2.45) is 11.8 Å². The van der Waals surface area contributed by atoms with Crippen molar-refractivity contribution in [1.29, 1.82) is 0 Å². The van der Waals surface area contributed by atoms with Crippen molar-refractivity contribution < 1.29 is 23.9 Å². The second-order valence-corrected chi connectivity index (χ2v) is 16.1. The van der Waals surface area contributed by atoms with Crippen LogP contribution in [0.4, 0.5) is 10.5 Å². The summed E-state index contributed by atoms with van der Waals surface area (Å²) in [5.74, 6) is -0.0657. The van der Waals surface area contributed by atoms with Crippen molar-refractivity contribution in [2.75, 3.05) is 45.1 Å². The van der Waals surface area contributed by atoms with Crippen molar-refractivity contribution in [3.05, 3.63) is 89.2 Å². The third-order valence-corrected chi connectivity index (χ3v) is 10.4. The monoisotopic (exact) mass is 782 g/mol. The van der Waals surface area contributed by atoms with Crippen LogP contribution >= 0.6 is 11.6 Å². The summed E-state index contributed by atoms with van der Waals surface area (Å²) >= 11 is 5.90. The van der Waals surface area contributed by atoms with Crippen molar-refractivity contribution in [1.82, 2.24) is 35.6 Å². The predicted molar refractivity (Wildman–Crippen MR) is 216 cm³/mol. The zero-order chi connectivity index (χ0) is 39.8. The number of amides is 4. The molecule has 1 saturated carbocycles. The number of nitrogens with zero attached hydrogens (tertiary/aromatic N) is 4.